The molecule has 0 atom stereocenters. The van der Waals surface area contributed by atoms with Crippen LogP contribution in [-0.2, 0) is 4.79 Å². The van der Waals surface area contributed by atoms with Gasteiger partial charge in [-0.1, -0.05) is 12.1 Å². The number of carbonyl (C=O) groups excluding carboxylic acids is 1. The number of nitrogens with zero attached hydrogens (tertiary/aromatic N) is 1. The molecule has 84 valence electrons. The van der Waals surface area contributed by atoms with Crippen molar-refractivity contribution >= 4 is 24.5 Å². The summed E-state index contributed by atoms with van der Waals surface area (Å²) in [5.41, 5.74) is 1.14. The van der Waals surface area contributed by atoms with Crippen LogP contribution in [0.3, 0.4) is 0 Å². The van der Waals surface area contributed by atoms with Crippen molar-refractivity contribution in [2.75, 3.05) is 0 Å². The van der Waals surface area contributed by atoms with E-state index in [1.807, 2.05) is 13.0 Å². The molecule has 0 aliphatic heterocycles. The molecule has 0 radical (unpaired) electrons. The molecule has 0 aliphatic rings. The van der Waals surface area contributed by atoms with Gasteiger partial charge in [0.05, 0.1) is 4.92 Å². The molecule has 0 amide bonds. The predicted molar refractivity (Wildman–Crippen MR) is 64.1 cm³/mol. The molecule has 0 saturated heterocycles. The molecule has 5 heteroatoms. The van der Waals surface area contributed by atoms with Gasteiger partial charge in [-0.25, -0.2) is 0 Å². The van der Waals surface area contributed by atoms with E-state index in [0.29, 0.717) is 10.5 Å². The van der Waals surface area contributed by atoms with Gasteiger partial charge in [-0.2, -0.15) is 0 Å². The van der Waals surface area contributed by atoms with Crippen LogP contribution in [0.25, 0.3) is 6.08 Å². The van der Waals surface area contributed by atoms with E-state index < -0.39 is 16.4 Å². The summed E-state index contributed by atoms with van der Waals surface area (Å²) < 4.78 is 0. The third-order valence-electron chi connectivity index (χ3n) is 2.04. The summed E-state index contributed by atoms with van der Waals surface area (Å²) in [6.45, 7) is 3.06. The zero-order valence-electron chi connectivity index (χ0n) is 8.93. The number of hydrogen-bond donors (Lipinski definition) is 1. The SMILES string of the molecule is CC(=O)/C(=C/c1ccc(C)cc1S)[N+](=O)[O-]. The maximum Gasteiger partial charge on any atom is 0.312 e. The Morgan fingerprint density at radius 2 is 2.12 bits per heavy atom. The monoisotopic (exact) mass is 237 g/mol. The first-order valence-corrected chi connectivity index (χ1v) is 5.03. The van der Waals surface area contributed by atoms with E-state index in [0.717, 1.165) is 5.56 Å². The van der Waals surface area contributed by atoms with Gasteiger partial charge in [-0.05, 0) is 24.1 Å². The Bertz CT molecular complexity index is 464. The van der Waals surface area contributed by atoms with Gasteiger partial charge in [0, 0.05) is 17.9 Å². The summed E-state index contributed by atoms with van der Waals surface area (Å²) in [5, 5.41) is 10.6. The standard InChI is InChI=1S/C11H11NO3S/c1-7-3-4-9(11(16)5-7)6-10(8(2)13)12(14)15/h3-6,16H,1-2H3/b10-6-. The first-order valence-electron chi connectivity index (χ1n) is 4.58. The summed E-state index contributed by atoms with van der Waals surface area (Å²) in [7, 11) is 0. The van der Waals surface area contributed by atoms with E-state index in [4.69, 9.17) is 0 Å². The molecular weight excluding hydrogens is 226 g/mol. The molecular formula is C11H11NO3S. The number of thiol groups is 1. The lowest BCUT2D eigenvalue weighted by Crippen LogP contribution is -2.07. The van der Waals surface area contributed by atoms with Crippen LogP contribution in [-0.4, -0.2) is 10.7 Å². The fourth-order valence-corrected chi connectivity index (χ4v) is 1.55. The number of benzene rings is 1. The summed E-state index contributed by atoms with van der Waals surface area (Å²) in [5.74, 6) is -0.571. The molecule has 0 spiro atoms. The van der Waals surface area contributed by atoms with Crippen LogP contribution in [0, 0.1) is 17.0 Å². The highest BCUT2D eigenvalue weighted by Gasteiger charge is 2.17. The molecule has 0 heterocycles. The number of nitro groups is 1. The quantitative estimate of drug-likeness (QED) is 0.380. The lowest BCUT2D eigenvalue weighted by molar-refractivity contribution is -0.417. The number of Topliss-reactive ketones (excluding diaryl/α,β-unsaturated/α-hetero) is 1. The van der Waals surface area contributed by atoms with Crippen molar-refractivity contribution < 1.29 is 9.72 Å². The first-order chi connectivity index (χ1) is 7.41. The van der Waals surface area contributed by atoms with E-state index in [2.05, 4.69) is 12.6 Å². The number of rotatable bonds is 3. The molecule has 0 N–H and O–H groups in total. The molecule has 0 aliphatic carbocycles. The van der Waals surface area contributed by atoms with Crippen molar-refractivity contribution in [3.8, 4) is 0 Å². The minimum Gasteiger partial charge on any atom is -0.288 e. The first kappa shape index (κ1) is 12.4. The second-order valence-corrected chi connectivity index (χ2v) is 3.89. The fourth-order valence-electron chi connectivity index (χ4n) is 1.21. The highest BCUT2D eigenvalue weighted by molar-refractivity contribution is 7.80. The highest BCUT2D eigenvalue weighted by Crippen LogP contribution is 2.19. The maximum absolute atomic E-state index is 11.0. The van der Waals surface area contributed by atoms with E-state index in [1.54, 1.807) is 12.1 Å². The van der Waals surface area contributed by atoms with Crippen LogP contribution in [0.15, 0.2) is 28.8 Å². The lowest BCUT2D eigenvalue weighted by atomic mass is 10.1. The molecule has 0 bridgehead atoms. The molecule has 1 aromatic rings. The van der Waals surface area contributed by atoms with Gasteiger partial charge in [0.1, 0.15) is 0 Å². The molecule has 0 saturated carbocycles. The summed E-state index contributed by atoms with van der Waals surface area (Å²) in [4.78, 5) is 21.6. The summed E-state index contributed by atoms with van der Waals surface area (Å²) >= 11 is 4.20. The van der Waals surface area contributed by atoms with E-state index >= 15 is 0 Å². The summed E-state index contributed by atoms with van der Waals surface area (Å²) in [6, 6.07) is 5.29. The number of allylic oxidation sites excluding steroid dienone is 1. The number of carbonyl (C=O) groups is 1. The number of hydrogen-bond acceptors (Lipinski definition) is 4. The van der Waals surface area contributed by atoms with Gasteiger partial charge in [0.15, 0.2) is 0 Å². The van der Waals surface area contributed by atoms with Gasteiger partial charge in [0.25, 0.3) is 0 Å². The minimum absolute atomic E-state index is 0.431. The van der Waals surface area contributed by atoms with Crippen LogP contribution in [0.4, 0.5) is 0 Å². The van der Waals surface area contributed by atoms with Crippen LogP contribution < -0.4 is 0 Å². The fraction of sp³-hybridized carbons (Fsp3) is 0.182. The predicted octanol–water partition coefficient (Wildman–Crippen LogP) is 2.49. The van der Waals surface area contributed by atoms with Gasteiger partial charge >= 0.3 is 5.70 Å². The van der Waals surface area contributed by atoms with Crippen molar-refractivity contribution in [2.45, 2.75) is 18.7 Å². The normalized spacial score (nSPS) is 11.3. The van der Waals surface area contributed by atoms with Crippen LogP contribution >= 0.6 is 12.6 Å². The third kappa shape index (κ3) is 2.93. The Labute approximate surface area is 98.5 Å². The van der Waals surface area contributed by atoms with Crippen LogP contribution in [0.2, 0.25) is 0 Å². The van der Waals surface area contributed by atoms with E-state index in [1.165, 1.54) is 13.0 Å². The highest BCUT2D eigenvalue weighted by atomic mass is 32.1. The Balaban J connectivity index is 3.23. The molecule has 1 rings (SSSR count). The Morgan fingerprint density at radius 1 is 1.50 bits per heavy atom. The van der Waals surface area contributed by atoms with Crippen molar-refractivity contribution in [1.29, 1.82) is 0 Å². The van der Waals surface area contributed by atoms with Gasteiger partial charge in [0.2, 0.25) is 5.78 Å². The molecule has 4 nitrogen and oxygen atoms in total. The van der Waals surface area contributed by atoms with E-state index in [-0.39, 0.29) is 0 Å². The second kappa shape index (κ2) is 4.94. The zero-order chi connectivity index (χ0) is 12.3. The molecule has 0 unspecified atom stereocenters. The largest absolute Gasteiger partial charge is 0.312 e. The van der Waals surface area contributed by atoms with Crippen molar-refractivity contribution in [2.24, 2.45) is 0 Å². The average molecular weight is 237 g/mol. The molecule has 0 aromatic heterocycles. The minimum atomic E-state index is -0.685. The number of ketones is 1. The van der Waals surface area contributed by atoms with E-state index in [9.17, 15) is 14.9 Å². The summed E-state index contributed by atoms with van der Waals surface area (Å²) in [6.07, 6.45) is 1.24. The van der Waals surface area contributed by atoms with Gasteiger partial charge in [-0.15, -0.1) is 12.6 Å². The average Bonchev–Trinajstić information content (AvgIpc) is 2.15. The Kier molecular flexibility index (Phi) is 3.84. The maximum atomic E-state index is 11.0. The van der Waals surface area contributed by atoms with Crippen LogP contribution in [0.5, 0.6) is 0 Å². The topological polar surface area (TPSA) is 60.2 Å². The molecule has 0 fully saturated rings. The molecule has 1 aromatic carbocycles. The molecule has 16 heavy (non-hydrogen) atoms. The van der Waals surface area contributed by atoms with Gasteiger partial charge in [-0.3, -0.25) is 14.9 Å². The van der Waals surface area contributed by atoms with Gasteiger partial charge < -0.3 is 0 Å². The zero-order valence-corrected chi connectivity index (χ0v) is 9.82. The Morgan fingerprint density at radius 3 is 2.56 bits per heavy atom. The van der Waals surface area contributed by atoms with Crippen molar-refractivity contribution in [1.82, 2.24) is 0 Å². The van der Waals surface area contributed by atoms with Crippen LogP contribution in [0.1, 0.15) is 18.1 Å². The second-order valence-electron chi connectivity index (χ2n) is 3.41. The van der Waals surface area contributed by atoms with Crippen molar-refractivity contribution in [3.63, 3.8) is 0 Å². The number of aryl methyl sites for hydroxylation is 1. The van der Waals surface area contributed by atoms with Crippen molar-refractivity contribution in [3.05, 3.63) is 45.1 Å². The Hall–Kier alpha value is -1.62. The third-order valence-corrected chi connectivity index (χ3v) is 2.42. The smallest absolute Gasteiger partial charge is 0.288 e. The lowest BCUT2D eigenvalue weighted by Gasteiger charge is -2.00.